The summed E-state index contributed by atoms with van der Waals surface area (Å²) in [7, 11) is 1.97. The Morgan fingerprint density at radius 1 is 1.40 bits per heavy atom. The van der Waals surface area contributed by atoms with Gasteiger partial charge in [0.25, 0.3) is 0 Å². The molecule has 80 valence electrons. The van der Waals surface area contributed by atoms with E-state index in [1.54, 1.807) is 0 Å². The minimum atomic E-state index is 0.573. The number of rotatable bonds is 3. The second kappa shape index (κ2) is 3.90. The molecule has 2 aromatic rings. The molecule has 0 aliphatic carbocycles. The fourth-order valence-corrected chi connectivity index (χ4v) is 1.78. The molecule has 0 fully saturated rings. The first kappa shape index (κ1) is 9.98. The molecular formula is C11H16N4. The van der Waals surface area contributed by atoms with Gasteiger partial charge in [-0.3, -0.25) is 4.68 Å². The minimum Gasteiger partial charge on any atom is -0.344 e. The molecule has 4 nitrogen and oxygen atoms in total. The highest BCUT2D eigenvalue weighted by Gasteiger charge is 2.04. The molecule has 4 heteroatoms. The van der Waals surface area contributed by atoms with Crippen LogP contribution >= 0.6 is 0 Å². The molecular weight excluding hydrogens is 188 g/mol. The zero-order valence-electron chi connectivity index (χ0n) is 9.14. The SMILES string of the molecule is Cc1cc(Cn2cccc2CN)n(C)n1. The van der Waals surface area contributed by atoms with Crippen molar-refractivity contribution in [3.8, 4) is 0 Å². The topological polar surface area (TPSA) is 48.8 Å². The van der Waals surface area contributed by atoms with Gasteiger partial charge in [-0.05, 0) is 25.1 Å². The van der Waals surface area contributed by atoms with Crippen LogP contribution in [0.25, 0.3) is 0 Å². The highest BCUT2D eigenvalue weighted by atomic mass is 15.3. The van der Waals surface area contributed by atoms with Gasteiger partial charge in [-0.2, -0.15) is 5.10 Å². The summed E-state index contributed by atoms with van der Waals surface area (Å²) in [6, 6.07) is 6.16. The lowest BCUT2D eigenvalue weighted by Crippen LogP contribution is -2.10. The van der Waals surface area contributed by atoms with Crippen molar-refractivity contribution in [3.05, 3.63) is 41.5 Å². The molecule has 0 radical (unpaired) electrons. The van der Waals surface area contributed by atoms with Gasteiger partial charge in [-0.15, -0.1) is 0 Å². The van der Waals surface area contributed by atoms with Gasteiger partial charge >= 0.3 is 0 Å². The largest absolute Gasteiger partial charge is 0.344 e. The lowest BCUT2D eigenvalue weighted by atomic mass is 10.3. The normalized spacial score (nSPS) is 10.9. The molecule has 2 N–H and O–H groups in total. The third-order valence-electron chi connectivity index (χ3n) is 2.56. The van der Waals surface area contributed by atoms with E-state index in [0.29, 0.717) is 6.54 Å². The molecule has 2 aromatic heterocycles. The molecule has 0 saturated carbocycles. The molecule has 0 aliphatic heterocycles. The van der Waals surface area contributed by atoms with Crippen LogP contribution in [0.15, 0.2) is 24.4 Å². The van der Waals surface area contributed by atoms with E-state index < -0.39 is 0 Å². The van der Waals surface area contributed by atoms with Crippen LogP contribution in [-0.4, -0.2) is 14.3 Å². The summed E-state index contributed by atoms with van der Waals surface area (Å²) in [4.78, 5) is 0. The molecule has 0 saturated heterocycles. The Morgan fingerprint density at radius 3 is 2.80 bits per heavy atom. The van der Waals surface area contributed by atoms with Gasteiger partial charge in [0.2, 0.25) is 0 Å². The maximum Gasteiger partial charge on any atom is 0.0642 e. The molecule has 0 atom stereocenters. The Labute approximate surface area is 89.3 Å². The average Bonchev–Trinajstić information content (AvgIpc) is 2.74. The fourth-order valence-electron chi connectivity index (χ4n) is 1.78. The summed E-state index contributed by atoms with van der Waals surface area (Å²) in [5.41, 5.74) is 9.04. The summed E-state index contributed by atoms with van der Waals surface area (Å²) >= 11 is 0. The van der Waals surface area contributed by atoms with Gasteiger partial charge in [0.15, 0.2) is 0 Å². The number of nitrogens with two attached hydrogens (primary N) is 1. The van der Waals surface area contributed by atoms with Crippen molar-refractivity contribution in [1.82, 2.24) is 14.3 Å². The van der Waals surface area contributed by atoms with E-state index in [0.717, 1.165) is 17.9 Å². The number of nitrogens with zero attached hydrogens (tertiary/aromatic N) is 3. The molecule has 0 spiro atoms. The van der Waals surface area contributed by atoms with E-state index in [-0.39, 0.29) is 0 Å². The fraction of sp³-hybridized carbons (Fsp3) is 0.364. The van der Waals surface area contributed by atoms with Crippen molar-refractivity contribution in [2.24, 2.45) is 12.8 Å². The molecule has 2 rings (SSSR count). The molecule has 0 aromatic carbocycles. The van der Waals surface area contributed by atoms with E-state index in [1.807, 2.05) is 37.0 Å². The number of hydrogen-bond acceptors (Lipinski definition) is 2. The first-order chi connectivity index (χ1) is 7.20. The third-order valence-corrected chi connectivity index (χ3v) is 2.56. The van der Waals surface area contributed by atoms with Crippen LogP contribution in [0, 0.1) is 6.92 Å². The van der Waals surface area contributed by atoms with E-state index in [2.05, 4.69) is 15.7 Å². The second-order valence-corrected chi connectivity index (χ2v) is 3.73. The van der Waals surface area contributed by atoms with Crippen LogP contribution in [0.4, 0.5) is 0 Å². The Balaban J connectivity index is 2.25. The average molecular weight is 204 g/mol. The van der Waals surface area contributed by atoms with E-state index in [1.165, 1.54) is 5.69 Å². The van der Waals surface area contributed by atoms with E-state index in [9.17, 15) is 0 Å². The summed E-state index contributed by atoms with van der Waals surface area (Å²) in [5.74, 6) is 0. The first-order valence-corrected chi connectivity index (χ1v) is 5.04. The maximum atomic E-state index is 5.65. The molecule has 15 heavy (non-hydrogen) atoms. The molecule has 0 unspecified atom stereocenters. The van der Waals surface area contributed by atoms with Crippen LogP contribution in [0.5, 0.6) is 0 Å². The zero-order valence-corrected chi connectivity index (χ0v) is 9.14. The monoisotopic (exact) mass is 204 g/mol. The van der Waals surface area contributed by atoms with Crippen LogP contribution in [0.3, 0.4) is 0 Å². The van der Waals surface area contributed by atoms with Crippen LogP contribution in [-0.2, 0) is 20.1 Å². The maximum absolute atomic E-state index is 5.65. The van der Waals surface area contributed by atoms with Crippen LogP contribution in [0.2, 0.25) is 0 Å². The van der Waals surface area contributed by atoms with Gasteiger partial charge in [0.05, 0.1) is 17.9 Å². The van der Waals surface area contributed by atoms with Gasteiger partial charge in [0, 0.05) is 25.5 Å². The van der Waals surface area contributed by atoms with E-state index in [4.69, 9.17) is 5.73 Å². The predicted octanol–water partition coefficient (Wildman–Crippen LogP) is 1.04. The number of aryl methyl sites for hydroxylation is 2. The number of aromatic nitrogens is 3. The highest BCUT2D eigenvalue weighted by molar-refractivity contribution is 5.13. The lowest BCUT2D eigenvalue weighted by molar-refractivity contribution is 0.649. The smallest absolute Gasteiger partial charge is 0.0642 e. The molecule has 2 heterocycles. The Kier molecular flexibility index (Phi) is 2.60. The van der Waals surface area contributed by atoms with Gasteiger partial charge in [0.1, 0.15) is 0 Å². The predicted molar refractivity (Wildman–Crippen MR) is 59.4 cm³/mol. The second-order valence-electron chi connectivity index (χ2n) is 3.73. The quantitative estimate of drug-likeness (QED) is 0.812. The standard InChI is InChI=1S/C11H16N4/c1-9-6-11(14(2)13-9)8-15-5-3-4-10(15)7-12/h3-6H,7-8,12H2,1-2H3. The summed E-state index contributed by atoms with van der Waals surface area (Å²) < 4.78 is 4.06. The summed E-state index contributed by atoms with van der Waals surface area (Å²) in [6.07, 6.45) is 2.05. The van der Waals surface area contributed by atoms with Crippen molar-refractivity contribution in [2.45, 2.75) is 20.0 Å². The van der Waals surface area contributed by atoms with Crippen molar-refractivity contribution in [1.29, 1.82) is 0 Å². The molecule has 0 amide bonds. The Morgan fingerprint density at radius 2 is 2.20 bits per heavy atom. The van der Waals surface area contributed by atoms with Crippen molar-refractivity contribution in [3.63, 3.8) is 0 Å². The summed E-state index contributed by atoms with van der Waals surface area (Å²) in [5, 5.41) is 4.32. The Bertz CT molecular complexity index is 453. The minimum absolute atomic E-state index is 0.573. The Hall–Kier alpha value is -1.55. The van der Waals surface area contributed by atoms with Crippen LogP contribution in [0.1, 0.15) is 17.1 Å². The van der Waals surface area contributed by atoms with Gasteiger partial charge < -0.3 is 10.3 Å². The highest BCUT2D eigenvalue weighted by Crippen LogP contribution is 2.08. The molecule has 0 aliphatic rings. The zero-order chi connectivity index (χ0) is 10.8. The van der Waals surface area contributed by atoms with E-state index >= 15 is 0 Å². The number of hydrogen-bond donors (Lipinski definition) is 1. The summed E-state index contributed by atoms with van der Waals surface area (Å²) in [6.45, 7) is 3.41. The third kappa shape index (κ3) is 1.94. The van der Waals surface area contributed by atoms with Crippen molar-refractivity contribution in [2.75, 3.05) is 0 Å². The first-order valence-electron chi connectivity index (χ1n) is 5.04. The van der Waals surface area contributed by atoms with Crippen LogP contribution < -0.4 is 5.73 Å². The van der Waals surface area contributed by atoms with Gasteiger partial charge in [-0.1, -0.05) is 0 Å². The van der Waals surface area contributed by atoms with Crippen molar-refractivity contribution < 1.29 is 0 Å². The van der Waals surface area contributed by atoms with Gasteiger partial charge in [-0.25, -0.2) is 0 Å². The lowest BCUT2D eigenvalue weighted by Gasteiger charge is -2.07. The molecule has 0 bridgehead atoms. The van der Waals surface area contributed by atoms with Crippen molar-refractivity contribution >= 4 is 0 Å².